The number of nitrogens with one attached hydrogen (secondary N) is 1. The second-order valence-electron chi connectivity index (χ2n) is 4.02. The number of carbonyl (C=O) groups is 1. The van der Waals surface area contributed by atoms with E-state index >= 15 is 0 Å². The van der Waals surface area contributed by atoms with Crippen LogP contribution in [0.1, 0.15) is 17.3 Å². The van der Waals surface area contributed by atoms with Crippen molar-refractivity contribution in [2.75, 3.05) is 27.9 Å². The van der Waals surface area contributed by atoms with Gasteiger partial charge >= 0.3 is 0 Å². The third-order valence-corrected chi connectivity index (χ3v) is 2.50. The molecule has 5 heteroatoms. The smallest absolute Gasteiger partial charge is 0.255 e. The topological polar surface area (TPSA) is 56.8 Å². The number of amides is 1. The Morgan fingerprint density at radius 1 is 1.16 bits per heavy atom. The molecule has 0 bridgehead atoms. The second-order valence-corrected chi connectivity index (χ2v) is 4.02. The normalized spacial score (nSPS) is 9.68. The number of hydrogen-bond acceptors (Lipinski definition) is 4. The molecule has 5 nitrogen and oxygen atoms in total. The molecule has 0 radical (unpaired) electrons. The van der Waals surface area contributed by atoms with Gasteiger partial charge < -0.3 is 19.5 Å². The van der Waals surface area contributed by atoms with E-state index in [-0.39, 0.29) is 5.91 Å². The average Bonchev–Trinajstić information content (AvgIpc) is 2.42. The van der Waals surface area contributed by atoms with E-state index in [2.05, 4.69) is 11.9 Å². The van der Waals surface area contributed by atoms with Crippen LogP contribution in [0.2, 0.25) is 0 Å². The lowest BCUT2D eigenvalue weighted by molar-refractivity contribution is 0.0953. The van der Waals surface area contributed by atoms with Crippen LogP contribution in [0.4, 0.5) is 0 Å². The third-order valence-electron chi connectivity index (χ3n) is 2.50. The monoisotopic (exact) mass is 265 g/mol. The van der Waals surface area contributed by atoms with Crippen LogP contribution in [0.15, 0.2) is 24.3 Å². The van der Waals surface area contributed by atoms with Crippen molar-refractivity contribution in [3.05, 3.63) is 29.8 Å². The van der Waals surface area contributed by atoms with Gasteiger partial charge in [-0.2, -0.15) is 0 Å². The fourth-order valence-electron chi connectivity index (χ4n) is 1.61. The standard InChI is InChI=1S/C14H19NO4/c1-9(2)8-15-14(16)10-6-7-11(17-3)13(19-5)12(10)18-4/h6-7H,1,8H2,2-5H3,(H,15,16). The molecule has 0 atom stereocenters. The van der Waals surface area contributed by atoms with Crippen molar-refractivity contribution >= 4 is 5.91 Å². The average molecular weight is 265 g/mol. The van der Waals surface area contributed by atoms with Crippen LogP contribution in [-0.4, -0.2) is 33.8 Å². The summed E-state index contributed by atoms with van der Waals surface area (Å²) in [7, 11) is 4.50. The van der Waals surface area contributed by atoms with Crippen LogP contribution in [0.25, 0.3) is 0 Å². The number of hydrogen-bond donors (Lipinski definition) is 1. The lowest BCUT2D eigenvalue weighted by atomic mass is 10.1. The van der Waals surface area contributed by atoms with Crippen LogP contribution in [-0.2, 0) is 0 Å². The molecule has 0 aliphatic rings. The molecule has 104 valence electrons. The van der Waals surface area contributed by atoms with Gasteiger partial charge in [-0.1, -0.05) is 12.2 Å². The molecule has 0 heterocycles. The van der Waals surface area contributed by atoms with Gasteiger partial charge in [0.05, 0.1) is 26.9 Å². The summed E-state index contributed by atoms with van der Waals surface area (Å²) in [6, 6.07) is 3.30. The van der Waals surface area contributed by atoms with Crippen molar-refractivity contribution in [3.63, 3.8) is 0 Å². The van der Waals surface area contributed by atoms with E-state index in [9.17, 15) is 4.79 Å². The molecule has 0 aliphatic heterocycles. The summed E-state index contributed by atoms with van der Waals surface area (Å²) in [5, 5.41) is 2.75. The Morgan fingerprint density at radius 2 is 1.79 bits per heavy atom. The number of carbonyl (C=O) groups excluding carboxylic acids is 1. The van der Waals surface area contributed by atoms with Gasteiger partial charge in [0.2, 0.25) is 5.75 Å². The summed E-state index contributed by atoms with van der Waals surface area (Å²) < 4.78 is 15.6. The number of methoxy groups -OCH3 is 3. The van der Waals surface area contributed by atoms with Crippen molar-refractivity contribution in [3.8, 4) is 17.2 Å². The van der Waals surface area contributed by atoms with Crippen molar-refractivity contribution < 1.29 is 19.0 Å². The Bertz CT molecular complexity index is 483. The highest BCUT2D eigenvalue weighted by atomic mass is 16.5. The molecule has 0 unspecified atom stereocenters. The van der Waals surface area contributed by atoms with E-state index in [1.165, 1.54) is 21.3 Å². The second kappa shape index (κ2) is 6.68. The van der Waals surface area contributed by atoms with Crippen LogP contribution in [0.3, 0.4) is 0 Å². The van der Waals surface area contributed by atoms with Gasteiger partial charge in [0, 0.05) is 6.54 Å². The van der Waals surface area contributed by atoms with Crippen LogP contribution in [0, 0.1) is 0 Å². The van der Waals surface area contributed by atoms with Crippen LogP contribution < -0.4 is 19.5 Å². The Balaban J connectivity index is 3.13. The van der Waals surface area contributed by atoms with Crippen molar-refractivity contribution in [1.29, 1.82) is 0 Å². The first-order valence-corrected chi connectivity index (χ1v) is 5.76. The molecule has 0 aliphatic carbocycles. The minimum atomic E-state index is -0.249. The van der Waals surface area contributed by atoms with E-state index in [1.54, 1.807) is 12.1 Å². The predicted octanol–water partition coefficient (Wildman–Crippen LogP) is 2.02. The largest absolute Gasteiger partial charge is 0.493 e. The quantitative estimate of drug-likeness (QED) is 0.799. The fraction of sp³-hybridized carbons (Fsp3) is 0.357. The number of benzene rings is 1. The Hall–Kier alpha value is -2.17. The first-order chi connectivity index (χ1) is 9.04. The zero-order chi connectivity index (χ0) is 14.4. The summed E-state index contributed by atoms with van der Waals surface area (Å²) in [5.41, 5.74) is 1.26. The van der Waals surface area contributed by atoms with Gasteiger partial charge in [-0.15, -0.1) is 0 Å². The molecule has 1 rings (SSSR count). The van der Waals surface area contributed by atoms with Gasteiger partial charge in [0.25, 0.3) is 5.91 Å². The molecule has 19 heavy (non-hydrogen) atoms. The third kappa shape index (κ3) is 3.40. The SMILES string of the molecule is C=C(C)CNC(=O)c1ccc(OC)c(OC)c1OC. The van der Waals surface area contributed by atoms with Crippen molar-refractivity contribution in [2.45, 2.75) is 6.92 Å². The summed E-state index contributed by atoms with van der Waals surface area (Å²) in [6.07, 6.45) is 0. The Labute approximate surface area is 113 Å². The zero-order valence-electron chi connectivity index (χ0n) is 11.7. The summed E-state index contributed by atoms with van der Waals surface area (Å²) >= 11 is 0. The van der Waals surface area contributed by atoms with Crippen LogP contribution in [0.5, 0.6) is 17.2 Å². The number of rotatable bonds is 6. The van der Waals surface area contributed by atoms with E-state index in [4.69, 9.17) is 14.2 Å². The highest BCUT2D eigenvalue weighted by molar-refractivity contribution is 5.98. The Kier molecular flexibility index (Phi) is 5.23. The molecule has 1 N–H and O–H groups in total. The first-order valence-electron chi connectivity index (χ1n) is 5.76. The summed E-state index contributed by atoms with van der Waals surface area (Å²) in [4.78, 5) is 12.1. The molecular formula is C14H19NO4. The highest BCUT2D eigenvalue weighted by Crippen LogP contribution is 2.39. The zero-order valence-corrected chi connectivity index (χ0v) is 11.7. The van der Waals surface area contributed by atoms with E-state index < -0.39 is 0 Å². The van der Waals surface area contributed by atoms with E-state index in [0.717, 1.165) is 5.57 Å². The lowest BCUT2D eigenvalue weighted by Crippen LogP contribution is -2.25. The molecule has 0 aromatic heterocycles. The Morgan fingerprint density at radius 3 is 2.26 bits per heavy atom. The highest BCUT2D eigenvalue weighted by Gasteiger charge is 2.20. The van der Waals surface area contributed by atoms with Crippen LogP contribution >= 0.6 is 0 Å². The summed E-state index contributed by atoms with van der Waals surface area (Å²) in [5.74, 6) is 1.01. The first kappa shape index (κ1) is 14.9. The van der Waals surface area contributed by atoms with Crippen molar-refractivity contribution in [1.82, 2.24) is 5.32 Å². The van der Waals surface area contributed by atoms with E-state index in [0.29, 0.717) is 29.4 Å². The number of ether oxygens (including phenoxy) is 3. The fourth-order valence-corrected chi connectivity index (χ4v) is 1.61. The molecule has 0 saturated carbocycles. The predicted molar refractivity (Wildman–Crippen MR) is 73.2 cm³/mol. The maximum atomic E-state index is 12.1. The maximum Gasteiger partial charge on any atom is 0.255 e. The van der Waals surface area contributed by atoms with Gasteiger partial charge in [-0.05, 0) is 19.1 Å². The molecule has 1 aromatic carbocycles. The molecule has 0 spiro atoms. The molecular weight excluding hydrogens is 246 g/mol. The minimum absolute atomic E-state index is 0.249. The van der Waals surface area contributed by atoms with Gasteiger partial charge in [-0.25, -0.2) is 0 Å². The van der Waals surface area contributed by atoms with E-state index in [1.807, 2.05) is 6.92 Å². The molecule has 1 aromatic rings. The minimum Gasteiger partial charge on any atom is -0.493 e. The molecule has 0 saturated heterocycles. The lowest BCUT2D eigenvalue weighted by Gasteiger charge is -2.15. The van der Waals surface area contributed by atoms with Gasteiger partial charge in [-0.3, -0.25) is 4.79 Å². The maximum absolute atomic E-state index is 12.1. The summed E-state index contributed by atoms with van der Waals surface area (Å²) in [6.45, 7) is 5.99. The van der Waals surface area contributed by atoms with Crippen molar-refractivity contribution in [2.24, 2.45) is 0 Å². The molecule has 0 fully saturated rings. The molecule has 1 amide bonds. The van der Waals surface area contributed by atoms with Gasteiger partial charge in [0.1, 0.15) is 0 Å². The van der Waals surface area contributed by atoms with Gasteiger partial charge in [0.15, 0.2) is 11.5 Å².